The molecule has 2 heterocycles. The first-order chi connectivity index (χ1) is 8.50. The predicted octanol–water partition coefficient (Wildman–Crippen LogP) is -1.67. The van der Waals surface area contributed by atoms with Crippen LogP contribution in [0.5, 0.6) is 0 Å². The Balaban J connectivity index is 0.000000184. The lowest BCUT2D eigenvalue weighted by molar-refractivity contribution is -0.137. The number of carbonyl (C=O) groups is 1. The van der Waals surface area contributed by atoms with E-state index in [4.69, 9.17) is 22.0 Å². The number of aromatic nitrogens is 2. The second-order valence-electron chi connectivity index (χ2n) is 3.39. The van der Waals surface area contributed by atoms with Crippen molar-refractivity contribution in [3.63, 3.8) is 0 Å². The lowest BCUT2D eigenvalue weighted by Gasteiger charge is -2.13. The van der Waals surface area contributed by atoms with E-state index in [2.05, 4.69) is 10.1 Å². The predicted molar refractivity (Wildman–Crippen MR) is 65.2 cm³/mol. The maximum Gasteiger partial charge on any atom is 0.323 e. The van der Waals surface area contributed by atoms with Crippen LogP contribution in [0.25, 0.3) is 0 Å². The number of nitrogens with zero attached hydrogens (tertiary/aromatic N) is 4. The zero-order chi connectivity index (χ0) is 13.5. The molecule has 0 saturated heterocycles. The van der Waals surface area contributed by atoms with Crippen LogP contribution >= 0.6 is 0 Å². The van der Waals surface area contributed by atoms with E-state index in [0.717, 1.165) is 0 Å². The number of carboxylic acid groups (broad SMARTS) is 1. The average Bonchev–Trinajstić information content (AvgIpc) is 2.91. The van der Waals surface area contributed by atoms with Crippen molar-refractivity contribution in [2.75, 3.05) is 19.6 Å². The molecule has 1 aromatic rings. The Morgan fingerprint density at radius 3 is 2.67 bits per heavy atom. The van der Waals surface area contributed by atoms with Crippen LogP contribution < -0.4 is 11.5 Å². The molecule has 0 bridgehead atoms. The molecule has 0 amide bonds. The first kappa shape index (κ1) is 13.5. The summed E-state index contributed by atoms with van der Waals surface area (Å²) in [4.78, 5) is 15.5. The van der Waals surface area contributed by atoms with Crippen LogP contribution in [0.2, 0.25) is 0 Å². The highest BCUT2D eigenvalue weighted by Gasteiger charge is 2.15. The molecule has 6 N–H and O–H groups in total. The van der Waals surface area contributed by atoms with Crippen molar-refractivity contribution in [2.24, 2.45) is 16.5 Å². The minimum atomic E-state index is -0.875. The van der Waals surface area contributed by atoms with E-state index in [1.807, 2.05) is 0 Å². The van der Waals surface area contributed by atoms with Crippen LogP contribution in [0.3, 0.4) is 0 Å². The quantitative estimate of drug-likeness (QED) is 0.366. The molecule has 98 valence electrons. The Labute approximate surface area is 103 Å². The van der Waals surface area contributed by atoms with Gasteiger partial charge in [0.1, 0.15) is 6.54 Å². The van der Waals surface area contributed by atoms with E-state index < -0.39 is 5.97 Å². The number of hydrogen-bond acceptors (Lipinski definition) is 6. The molecule has 9 nitrogen and oxygen atoms in total. The fraction of sp³-hybridized carbons (Fsp3) is 0.333. The van der Waals surface area contributed by atoms with E-state index in [-0.39, 0.29) is 12.5 Å². The molecule has 1 aliphatic heterocycles. The third-order valence-electron chi connectivity index (χ3n) is 2.05. The normalized spacial score (nSPS) is 13.6. The molecular weight excluding hydrogens is 238 g/mol. The summed E-state index contributed by atoms with van der Waals surface area (Å²) < 4.78 is 1.28. The maximum absolute atomic E-state index is 10.1. The van der Waals surface area contributed by atoms with Crippen LogP contribution in [0.4, 0.5) is 0 Å². The Morgan fingerprint density at radius 2 is 2.33 bits per heavy atom. The Bertz CT molecular complexity index is 440. The SMILES string of the molecule is N=C(N)n1cccn1.NC1=NCCN1CC(=O)O. The number of guanidine groups is 1. The summed E-state index contributed by atoms with van der Waals surface area (Å²) in [6.07, 6.45) is 3.18. The number of hydrogen-bond donors (Lipinski definition) is 4. The number of nitrogens with one attached hydrogen (secondary N) is 1. The third kappa shape index (κ3) is 4.12. The number of nitrogen functional groups attached to an aromatic ring is 1. The van der Waals surface area contributed by atoms with Gasteiger partial charge in [0.2, 0.25) is 5.96 Å². The second-order valence-corrected chi connectivity index (χ2v) is 3.39. The van der Waals surface area contributed by atoms with Gasteiger partial charge in [-0.3, -0.25) is 15.2 Å². The lowest BCUT2D eigenvalue weighted by Crippen LogP contribution is -2.37. The molecule has 18 heavy (non-hydrogen) atoms. The van der Waals surface area contributed by atoms with Gasteiger partial charge in [-0.2, -0.15) is 5.10 Å². The zero-order valence-corrected chi connectivity index (χ0v) is 9.65. The van der Waals surface area contributed by atoms with Gasteiger partial charge in [0, 0.05) is 18.9 Å². The van der Waals surface area contributed by atoms with Crippen molar-refractivity contribution in [1.29, 1.82) is 5.41 Å². The summed E-state index contributed by atoms with van der Waals surface area (Å²) in [5.41, 5.74) is 10.4. The molecule has 0 spiro atoms. The Kier molecular flexibility index (Phi) is 4.67. The highest BCUT2D eigenvalue weighted by molar-refractivity contribution is 5.83. The van der Waals surface area contributed by atoms with E-state index >= 15 is 0 Å². The summed E-state index contributed by atoms with van der Waals surface area (Å²) in [6.45, 7) is 1.19. The molecule has 1 aliphatic rings. The summed E-state index contributed by atoms with van der Waals surface area (Å²) in [7, 11) is 0. The number of carboxylic acids is 1. The van der Waals surface area contributed by atoms with Gasteiger partial charge in [-0.25, -0.2) is 4.68 Å². The third-order valence-corrected chi connectivity index (χ3v) is 2.05. The van der Waals surface area contributed by atoms with E-state index in [0.29, 0.717) is 19.0 Å². The Hall–Kier alpha value is -2.58. The van der Waals surface area contributed by atoms with Crippen LogP contribution in [-0.2, 0) is 4.79 Å². The van der Waals surface area contributed by atoms with Gasteiger partial charge in [-0.1, -0.05) is 0 Å². The number of aliphatic carboxylic acids is 1. The second kappa shape index (κ2) is 6.23. The van der Waals surface area contributed by atoms with Gasteiger partial charge in [0.05, 0.1) is 6.54 Å². The Morgan fingerprint density at radius 1 is 1.61 bits per heavy atom. The van der Waals surface area contributed by atoms with Gasteiger partial charge in [0.15, 0.2) is 5.96 Å². The molecule has 0 aliphatic carbocycles. The van der Waals surface area contributed by atoms with Crippen LogP contribution in [0.15, 0.2) is 23.5 Å². The van der Waals surface area contributed by atoms with E-state index in [1.54, 1.807) is 18.5 Å². The highest BCUT2D eigenvalue weighted by Crippen LogP contribution is 1.95. The minimum Gasteiger partial charge on any atom is -0.480 e. The molecule has 2 rings (SSSR count). The van der Waals surface area contributed by atoms with Gasteiger partial charge in [-0.05, 0) is 6.07 Å². The zero-order valence-electron chi connectivity index (χ0n) is 9.65. The highest BCUT2D eigenvalue weighted by atomic mass is 16.4. The first-order valence-corrected chi connectivity index (χ1v) is 5.11. The molecule has 0 aromatic carbocycles. The van der Waals surface area contributed by atoms with Gasteiger partial charge >= 0.3 is 5.97 Å². The van der Waals surface area contributed by atoms with Crippen molar-refractivity contribution < 1.29 is 9.90 Å². The first-order valence-electron chi connectivity index (χ1n) is 5.11. The molecule has 0 saturated carbocycles. The van der Waals surface area contributed by atoms with Crippen LogP contribution in [0.1, 0.15) is 0 Å². The van der Waals surface area contributed by atoms with Crippen molar-refractivity contribution in [1.82, 2.24) is 14.7 Å². The molecule has 0 atom stereocenters. The summed E-state index contributed by atoms with van der Waals surface area (Å²) in [6, 6.07) is 1.71. The molecule has 9 heteroatoms. The number of rotatable bonds is 2. The van der Waals surface area contributed by atoms with Crippen molar-refractivity contribution in [3.05, 3.63) is 18.5 Å². The monoisotopic (exact) mass is 253 g/mol. The van der Waals surface area contributed by atoms with Crippen molar-refractivity contribution in [3.8, 4) is 0 Å². The molecule has 1 aromatic heterocycles. The fourth-order valence-electron chi connectivity index (χ4n) is 1.23. The van der Waals surface area contributed by atoms with E-state index in [1.165, 1.54) is 9.58 Å². The number of aliphatic imine (C=N–C) groups is 1. The molecule has 0 fully saturated rings. The summed E-state index contributed by atoms with van der Waals surface area (Å²) in [5, 5.41) is 18.9. The summed E-state index contributed by atoms with van der Waals surface area (Å²) >= 11 is 0. The maximum atomic E-state index is 10.1. The molecule has 0 radical (unpaired) electrons. The van der Waals surface area contributed by atoms with Crippen LogP contribution in [0, 0.1) is 5.41 Å². The fourth-order valence-corrected chi connectivity index (χ4v) is 1.23. The molecule has 0 unspecified atom stereocenters. The van der Waals surface area contributed by atoms with Crippen molar-refractivity contribution in [2.45, 2.75) is 0 Å². The van der Waals surface area contributed by atoms with Gasteiger partial charge in [-0.15, -0.1) is 0 Å². The standard InChI is InChI=1S/C5H9N3O2.C4H6N4/c6-5-7-1-2-8(5)3-4(9)10;5-4(6)8-3-1-2-7-8/h1-3H2,(H2,6,7)(H,9,10);1-3H,(H3,5,6). The van der Waals surface area contributed by atoms with E-state index in [9.17, 15) is 4.79 Å². The smallest absolute Gasteiger partial charge is 0.323 e. The van der Waals surface area contributed by atoms with Crippen LogP contribution in [-0.4, -0.2) is 57.3 Å². The lowest BCUT2D eigenvalue weighted by atomic mass is 10.5. The van der Waals surface area contributed by atoms with Gasteiger partial charge in [0.25, 0.3) is 0 Å². The van der Waals surface area contributed by atoms with Gasteiger partial charge < -0.3 is 21.5 Å². The number of nitrogens with two attached hydrogens (primary N) is 2. The molecular formula is C9H15N7O2. The summed E-state index contributed by atoms with van der Waals surface area (Å²) in [5.74, 6) is -0.600. The minimum absolute atomic E-state index is 0.0463. The average molecular weight is 253 g/mol. The topological polar surface area (TPSA) is 147 Å². The largest absolute Gasteiger partial charge is 0.480 e. The van der Waals surface area contributed by atoms with Crippen molar-refractivity contribution >= 4 is 17.9 Å².